The number of aromatic hydroxyl groups is 1. The van der Waals surface area contributed by atoms with Gasteiger partial charge in [-0.25, -0.2) is 0 Å². The van der Waals surface area contributed by atoms with Crippen LogP contribution in [-0.4, -0.2) is 18.0 Å². The molecule has 0 radical (unpaired) electrons. The molecule has 6 heteroatoms. The summed E-state index contributed by atoms with van der Waals surface area (Å²) in [4.78, 5) is 12.3. The molecule has 29 heavy (non-hydrogen) atoms. The van der Waals surface area contributed by atoms with Crippen molar-refractivity contribution in [3.8, 4) is 17.2 Å². The number of halogens is 2. The second-order valence-corrected chi connectivity index (χ2v) is 7.47. The highest BCUT2D eigenvalue weighted by Crippen LogP contribution is 2.30. The van der Waals surface area contributed by atoms with Gasteiger partial charge in [0.15, 0.2) is 5.78 Å². The topological polar surface area (TPSA) is 55.8 Å². The zero-order valence-electron chi connectivity index (χ0n) is 15.6. The molecule has 4 nitrogen and oxygen atoms in total. The zero-order chi connectivity index (χ0) is 20.8. The summed E-state index contributed by atoms with van der Waals surface area (Å²) in [7, 11) is 1.60. The lowest BCUT2D eigenvalue weighted by Gasteiger charge is -2.12. The van der Waals surface area contributed by atoms with Crippen molar-refractivity contribution in [2.24, 2.45) is 0 Å². The highest BCUT2D eigenvalue weighted by atomic mass is 79.9. The maximum atomic E-state index is 12.3. The summed E-state index contributed by atoms with van der Waals surface area (Å²) in [5.74, 6) is 1.21. The number of benzene rings is 3. The number of methoxy groups -OCH3 is 1. The Balaban J connectivity index is 1.76. The van der Waals surface area contributed by atoms with Gasteiger partial charge >= 0.3 is 0 Å². The van der Waals surface area contributed by atoms with Gasteiger partial charge in [0.05, 0.1) is 11.6 Å². The molecule has 3 rings (SSSR count). The number of hydrogen-bond donors (Lipinski definition) is 1. The summed E-state index contributed by atoms with van der Waals surface area (Å²) in [6, 6.07) is 17.1. The van der Waals surface area contributed by atoms with Crippen molar-refractivity contribution in [3.05, 3.63) is 92.9 Å². The van der Waals surface area contributed by atoms with Crippen LogP contribution in [0.1, 0.15) is 21.5 Å². The number of allylic oxidation sites excluding steroid dienone is 1. The SMILES string of the molecule is COc1ccc(/C=C/C(=O)c2cccc(O)c2)cc1COc1ccc(Cl)cc1Br. The van der Waals surface area contributed by atoms with Gasteiger partial charge in [0.1, 0.15) is 23.9 Å². The lowest BCUT2D eigenvalue weighted by atomic mass is 10.1. The molecule has 3 aromatic carbocycles. The van der Waals surface area contributed by atoms with Crippen molar-refractivity contribution in [1.29, 1.82) is 0 Å². The van der Waals surface area contributed by atoms with E-state index in [0.29, 0.717) is 22.1 Å². The number of ketones is 1. The van der Waals surface area contributed by atoms with Crippen LogP contribution in [-0.2, 0) is 6.61 Å². The molecule has 0 aliphatic heterocycles. The number of carbonyl (C=O) groups is 1. The van der Waals surface area contributed by atoms with Crippen LogP contribution in [0, 0.1) is 0 Å². The van der Waals surface area contributed by atoms with Gasteiger partial charge in [-0.15, -0.1) is 0 Å². The van der Waals surface area contributed by atoms with Crippen molar-refractivity contribution in [2.45, 2.75) is 6.61 Å². The first-order chi connectivity index (χ1) is 14.0. The van der Waals surface area contributed by atoms with E-state index < -0.39 is 0 Å². The van der Waals surface area contributed by atoms with Gasteiger partial charge in [0.2, 0.25) is 0 Å². The molecule has 0 bridgehead atoms. The lowest BCUT2D eigenvalue weighted by molar-refractivity contribution is 0.104. The van der Waals surface area contributed by atoms with Crippen LogP contribution in [0.15, 0.2) is 71.2 Å². The molecule has 0 amide bonds. The summed E-state index contributed by atoms with van der Waals surface area (Å²) in [6.07, 6.45) is 3.19. The molecule has 0 aliphatic rings. The quantitative estimate of drug-likeness (QED) is 0.323. The smallest absolute Gasteiger partial charge is 0.185 e. The Morgan fingerprint density at radius 2 is 1.90 bits per heavy atom. The number of carbonyl (C=O) groups excluding carboxylic acids is 1. The Morgan fingerprint density at radius 1 is 1.10 bits per heavy atom. The fraction of sp³-hybridized carbons (Fsp3) is 0.0870. The third-order valence-electron chi connectivity index (χ3n) is 4.14. The molecule has 0 aromatic heterocycles. The highest BCUT2D eigenvalue weighted by molar-refractivity contribution is 9.10. The molecule has 1 N–H and O–H groups in total. The summed E-state index contributed by atoms with van der Waals surface area (Å²) in [6.45, 7) is 0.283. The Bertz CT molecular complexity index is 1060. The lowest BCUT2D eigenvalue weighted by Crippen LogP contribution is -2.00. The fourth-order valence-corrected chi connectivity index (χ4v) is 3.49. The molecule has 0 saturated heterocycles. The van der Waals surface area contributed by atoms with Crippen LogP contribution < -0.4 is 9.47 Å². The van der Waals surface area contributed by atoms with Gasteiger partial charge in [0.25, 0.3) is 0 Å². The maximum Gasteiger partial charge on any atom is 0.185 e. The van der Waals surface area contributed by atoms with Crippen LogP contribution in [0.25, 0.3) is 6.08 Å². The van der Waals surface area contributed by atoms with Crippen molar-refractivity contribution in [2.75, 3.05) is 7.11 Å². The largest absolute Gasteiger partial charge is 0.508 e. The van der Waals surface area contributed by atoms with E-state index in [1.807, 2.05) is 18.2 Å². The minimum absolute atomic E-state index is 0.0569. The second-order valence-electron chi connectivity index (χ2n) is 6.18. The van der Waals surface area contributed by atoms with Gasteiger partial charge in [-0.1, -0.05) is 35.9 Å². The predicted molar refractivity (Wildman–Crippen MR) is 118 cm³/mol. The zero-order valence-corrected chi connectivity index (χ0v) is 17.9. The minimum Gasteiger partial charge on any atom is -0.508 e. The summed E-state index contributed by atoms with van der Waals surface area (Å²) in [5.41, 5.74) is 2.08. The molecule has 0 aliphatic carbocycles. The van der Waals surface area contributed by atoms with E-state index in [1.165, 1.54) is 18.2 Å². The van der Waals surface area contributed by atoms with Gasteiger partial charge in [-0.2, -0.15) is 0 Å². The number of phenolic OH excluding ortho intramolecular Hbond substituents is 1. The molecule has 0 atom stereocenters. The first-order valence-corrected chi connectivity index (χ1v) is 9.89. The Kier molecular flexibility index (Phi) is 6.96. The first-order valence-electron chi connectivity index (χ1n) is 8.72. The highest BCUT2D eigenvalue weighted by Gasteiger charge is 2.08. The summed E-state index contributed by atoms with van der Waals surface area (Å²) >= 11 is 9.39. The standard InChI is InChI=1S/C23H18BrClO4/c1-28-22-9-6-15(5-8-21(27)16-3-2-4-19(26)12-16)11-17(22)14-29-23-10-7-18(25)13-20(23)24/h2-13,26H,14H2,1H3/b8-5+. The summed E-state index contributed by atoms with van der Waals surface area (Å²) < 4.78 is 12.1. The minimum atomic E-state index is -0.195. The van der Waals surface area contributed by atoms with Gasteiger partial charge in [0, 0.05) is 16.1 Å². The van der Waals surface area contributed by atoms with E-state index in [2.05, 4.69) is 15.9 Å². The third-order valence-corrected chi connectivity index (χ3v) is 4.99. The van der Waals surface area contributed by atoms with Crippen LogP contribution >= 0.6 is 27.5 Å². The van der Waals surface area contributed by atoms with Gasteiger partial charge in [-0.05, 0) is 70.0 Å². The van der Waals surface area contributed by atoms with Crippen LogP contribution in [0.4, 0.5) is 0 Å². The normalized spacial score (nSPS) is 10.9. The molecular formula is C23H18BrClO4. The van der Waals surface area contributed by atoms with E-state index in [4.69, 9.17) is 21.1 Å². The van der Waals surface area contributed by atoms with Gasteiger partial charge < -0.3 is 14.6 Å². The Hall–Kier alpha value is -2.76. The first kappa shape index (κ1) is 21.0. The van der Waals surface area contributed by atoms with E-state index in [0.717, 1.165) is 15.6 Å². The molecule has 0 fully saturated rings. The van der Waals surface area contributed by atoms with Crippen molar-refractivity contribution < 1.29 is 19.4 Å². The number of ether oxygens (including phenoxy) is 2. The molecule has 0 spiro atoms. The molecule has 3 aromatic rings. The van der Waals surface area contributed by atoms with E-state index >= 15 is 0 Å². The van der Waals surface area contributed by atoms with Crippen molar-refractivity contribution >= 4 is 39.4 Å². The average molecular weight is 474 g/mol. The molecule has 0 unspecified atom stereocenters. The molecule has 0 saturated carbocycles. The van der Waals surface area contributed by atoms with E-state index in [1.54, 1.807) is 43.5 Å². The van der Waals surface area contributed by atoms with Crippen LogP contribution in [0.2, 0.25) is 5.02 Å². The Morgan fingerprint density at radius 3 is 2.62 bits per heavy atom. The van der Waals surface area contributed by atoms with Crippen molar-refractivity contribution in [3.63, 3.8) is 0 Å². The second kappa shape index (κ2) is 9.63. The van der Waals surface area contributed by atoms with Gasteiger partial charge in [-0.3, -0.25) is 4.79 Å². The average Bonchev–Trinajstić information content (AvgIpc) is 2.71. The monoisotopic (exact) mass is 472 g/mol. The molecule has 148 valence electrons. The molecular weight excluding hydrogens is 456 g/mol. The number of phenols is 1. The van der Waals surface area contributed by atoms with Crippen LogP contribution in [0.5, 0.6) is 17.2 Å². The summed E-state index contributed by atoms with van der Waals surface area (Å²) in [5, 5.41) is 10.1. The maximum absolute atomic E-state index is 12.3. The van der Waals surface area contributed by atoms with Crippen molar-refractivity contribution in [1.82, 2.24) is 0 Å². The van der Waals surface area contributed by atoms with Crippen LogP contribution in [0.3, 0.4) is 0 Å². The number of hydrogen-bond acceptors (Lipinski definition) is 4. The Labute approximate surface area is 182 Å². The molecule has 0 heterocycles. The fourth-order valence-electron chi connectivity index (χ4n) is 2.69. The predicted octanol–water partition coefficient (Wildman–Crippen LogP) is 6.29. The van der Waals surface area contributed by atoms with E-state index in [9.17, 15) is 9.90 Å². The number of rotatable bonds is 7. The third kappa shape index (κ3) is 5.62. The van der Waals surface area contributed by atoms with E-state index in [-0.39, 0.29) is 18.1 Å².